The Morgan fingerprint density at radius 2 is 1.16 bits per heavy atom. The highest BCUT2D eigenvalue weighted by molar-refractivity contribution is 7.89. The SMILES string of the molecule is Cc1ccc(S(=O)(=O)N2CCN(S(=O)(=O)c3ccc(C)cc3)[C@@H](c3ccccc3)C2)cc1. The second kappa shape index (κ2) is 8.78. The third-order valence-electron chi connectivity index (χ3n) is 5.76. The van der Waals surface area contributed by atoms with E-state index in [1.165, 1.54) is 8.61 Å². The van der Waals surface area contributed by atoms with E-state index in [1.54, 1.807) is 48.5 Å². The highest BCUT2D eigenvalue weighted by atomic mass is 32.2. The van der Waals surface area contributed by atoms with Gasteiger partial charge in [-0.1, -0.05) is 65.7 Å². The van der Waals surface area contributed by atoms with Crippen LogP contribution in [0.5, 0.6) is 0 Å². The van der Waals surface area contributed by atoms with Gasteiger partial charge in [0.1, 0.15) is 0 Å². The molecule has 6 nitrogen and oxygen atoms in total. The van der Waals surface area contributed by atoms with Gasteiger partial charge in [-0.15, -0.1) is 0 Å². The van der Waals surface area contributed by atoms with E-state index in [4.69, 9.17) is 0 Å². The highest BCUT2D eigenvalue weighted by Gasteiger charge is 2.40. The summed E-state index contributed by atoms with van der Waals surface area (Å²) in [5.41, 5.74) is 2.70. The zero-order valence-corrected chi connectivity index (χ0v) is 19.7. The molecule has 32 heavy (non-hydrogen) atoms. The molecule has 1 aliphatic rings. The van der Waals surface area contributed by atoms with Gasteiger partial charge in [0.2, 0.25) is 20.0 Å². The Labute approximate surface area is 190 Å². The van der Waals surface area contributed by atoms with Gasteiger partial charge < -0.3 is 0 Å². The minimum absolute atomic E-state index is 0.0469. The molecule has 0 radical (unpaired) electrons. The van der Waals surface area contributed by atoms with Gasteiger partial charge >= 0.3 is 0 Å². The van der Waals surface area contributed by atoms with Gasteiger partial charge in [0.15, 0.2) is 0 Å². The van der Waals surface area contributed by atoms with Crippen LogP contribution in [0.4, 0.5) is 0 Å². The van der Waals surface area contributed by atoms with Crippen molar-refractivity contribution in [2.45, 2.75) is 29.7 Å². The van der Waals surface area contributed by atoms with E-state index in [9.17, 15) is 16.8 Å². The van der Waals surface area contributed by atoms with Crippen LogP contribution in [0.25, 0.3) is 0 Å². The lowest BCUT2D eigenvalue weighted by Gasteiger charge is -2.40. The standard InChI is InChI=1S/C24H26N2O4S2/c1-19-8-12-22(13-9-19)31(27,28)25-16-17-26(24(18-25)21-6-4-3-5-7-21)32(29,30)23-14-10-20(2)11-15-23/h3-15,24H,16-18H2,1-2H3/t24-/m1/s1. The van der Waals surface area contributed by atoms with E-state index >= 15 is 0 Å². The number of nitrogens with zero attached hydrogens (tertiary/aromatic N) is 2. The molecule has 3 aromatic rings. The summed E-state index contributed by atoms with van der Waals surface area (Å²) in [5, 5.41) is 0. The van der Waals surface area contributed by atoms with Crippen LogP contribution in [0.3, 0.4) is 0 Å². The first-order chi connectivity index (χ1) is 15.2. The first-order valence-electron chi connectivity index (χ1n) is 10.4. The summed E-state index contributed by atoms with van der Waals surface area (Å²) in [4.78, 5) is 0.420. The van der Waals surface area contributed by atoms with E-state index in [1.807, 2.05) is 44.2 Å². The fourth-order valence-electron chi connectivity index (χ4n) is 3.90. The van der Waals surface area contributed by atoms with E-state index in [0.29, 0.717) is 0 Å². The van der Waals surface area contributed by atoms with Gasteiger partial charge in [-0.2, -0.15) is 8.61 Å². The van der Waals surface area contributed by atoms with Gasteiger partial charge in [0.05, 0.1) is 15.8 Å². The molecular formula is C24H26N2O4S2. The van der Waals surface area contributed by atoms with Crippen LogP contribution in [0.1, 0.15) is 22.7 Å². The van der Waals surface area contributed by atoms with Crippen molar-refractivity contribution >= 4 is 20.0 Å². The summed E-state index contributed by atoms with van der Waals surface area (Å²) in [6, 6.07) is 22.0. The summed E-state index contributed by atoms with van der Waals surface area (Å²) in [6.45, 7) is 4.01. The number of hydrogen-bond acceptors (Lipinski definition) is 4. The molecule has 0 aromatic heterocycles. The Morgan fingerprint density at radius 3 is 1.69 bits per heavy atom. The van der Waals surface area contributed by atoms with Crippen molar-refractivity contribution in [3.63, 3.8) is 0 Å². The second-order valence-corrected chi connectivity index (χ2v) is 11.9. The molecule has 1 heterocycles. The third kappa shape index (κ3) is 4.36. The van der Waals surface area contributed by atoms with Crippen LogP contribution in [-0.2, 0) is 20.0 Å². The van der Waals surface area contributed by atoms with Crippen molar-refractivity contribution in [3.05, 3.63) is 95.6 Å². The third-order valence-corrected chi connectivity index (χ3v) is 9.57. The van der Waals surface area contributed by atoms with Crippen molar-refractivity contribution in [2.24, 2.45) is 0 Å². The first-order valence-corrected chi connectivity index (χ1v) is 13.3. The Kier molecular flexibility index (Phi) is 6.22. The first kappa shape index (κ1) is 22.7. The van der Waals surface area contributed by atoms with E-state index < -0.39 is 26.1 Å². The lowest BCUT2D eigenvalue weighted by molar-refractivity contribution is 0.202. The lowest BCUT2D eigenvalue weighted by Crippen LogP contribution is -2.52. The molecule has 0 aliphatic carbocycles. The minimum atomic E-state index is -3.80. The number of benzene rings is 3. The Hall–Kier alpha value is -2.52. The zero-order chi connectivity index (χ0) is 22.9. The average Bonchev–Trinajstić information content (AvgIpc) is 2.80. The summed E-state index contributed by atoms with van der Waals surface area (Å²) in [5.74, 6) is 0. The molecule has 0 saturated carbocycles. The molecule has 3 aromatic carbocycles. The van der Waals surface area contributed by atoms with Crippen LogP contribution >= 0.6 is 0 Å². The Bertz CT molecular complexity index is 1290. The van der Waals surface area contributed by atoms with Crippen molar-refractivity contribution in [1.29, 1.82) is 0 Å². The largest absolute Gasteiger partial charge is 0.243 e. The van der Waals surface area contributed by atoms with Gasteiger partial charge in [-0.3, -0.25) is 0 Å². The molecule has 1 aliphatic heterocycles. The number of hydrogen-bond donors (Lipinski definition) is 0. The van der Waals surface area contributed by atoms with Crippen LogP contribution in [0.15, 0.2) is 88.7 Å². The van der Waals surface area contributed by atoms with Crippen molar-refractivity contribution in [1.82, 2.24) is 8.61 Å². The molecule has 0 N–H and O–H groups in total. The fourth-order valence-corrected chi connectivity index (χ4v) is 6.93. The second-order valence-electron chi connectivity index (χ2n) is 8.03. The minimum Gasteiger partial charge on any atom is -0.207 e. The van der Waals surface area contributed by atoms with Crippen LogP contribution in [-0.4, -0.2) is 45.1 Å². The quantitative estimate of drug-likeness (QED) is 0.569. The van der Waals surface area contributed by atoms with Gasteiger partial charge in [-0.25, -0.2) is 16.8 Å². The van der Waals surface area contributed by atoms with Crippen LogP contribution in [0.2, 0.25) is 0 Å². The van der Waals surface area contributed by atoms with E-state index in [2.05, 4.69) is 0 Å². The predicted molar refractivity (Wildman–Crippen MR) is 124 cm³/mol. The molecule has 4 rings (SSSR count). The maximum absolute atomic E-state index is 13.5. The van der Waals surface area contributed by atoms with Gasteiger partial charge in [-0.05, 0) is 43.7 Å². The lowest BCUT2D eigenvalue weighted by atomic mass is 10.1. The average molecular weight is 471 g/mol. The molecule has 1 saturated heterocycles. The predicted octanol–water partition coefficient (Wildman–Crippen LogP) is 3.74. The highest BCUT2D eigenvalue weighted by Crippen LogP contribution is 2.33. The summed E-state index contributed by atoms with van der Waals surface area (Å²) in [7, 11) is -7.55. The monoisotopic (exact) mass is 470 g/mol. The molecule has 1 atom stereocenters. The number of sulfonamides is 2. The number of rotatable bonds is 5. The van der Waals surface area contributed by atoms with Crippen LogP contribution < -0.4 is 0 Å². The summed E-state index contributed by atoms with van der Waals surface area (Å²) in [6.07, 6.45) is 0. The molecule has 1 fully saturated rings. The van der Waals surface area contributed by atoms with Gasteiger partial charge in [0.25, 0.3) is 0 Å². The van der Waals surface area contributed by atoms with Crippen LogP contribution in [0, 0.1) is 13.8 Å². The van der Waals surface area contributed by atoms with E-state index in [-0.39, 0.29) is 29.4 Å². The Balaban J connectivity index is 1.71. The maximum Gasteiger partial charge on any atom is 0.243 e. The van der Waals surface area contributed by atoms with E-state index in [0.717, 1.165) is 16.7 Å². The molecule has 0 amide bonds. The molecule has 0 unspecified atom stereocenters. The number of aryl methyl sites for hydroxylation is 2. The smallest absolute Gasteiger partial charge is 0.207 e. The summed E-state index contributed by atoms with van der Waals surface area (Å²) >= 11 is 0. The van der Waals surface area contributed by atoms with Gasteiger partial charge in [0, 0.05) is 19.6 Å². The molecule has 168 valence electrons. The zero-order valence-electron chi connectivity index (χ0n) is 18.0. The maximum atomic E-state index is 13.5. The number of piperazine rings is 1. The topological polar surface area (TPSA) is 74.8 Å². The molecule has 8 heteroatoms. The molecular weight excluding hydrogens is 444 g/mol. The van der Waals surface area contributed by atoms with Crippen molar-refractivity contribution in [3.8, 4) is 0 Å². The van der Waals surface area contributed by atoms with Crippen molar-refractivity contribution < 1.29 is 16.8 Å². The molecule has 0 spiro atoms. The van der Waals surface area contributed by atoms with Crippen molar-refractivity contribution in [2.75, 3.05) is 19.6 Å². The Morgan fingerprint density at radius 1 is 0.656 bits per heavy atom. The normalized spacial score (nSPS) is 18.5. The fraction of sp³-hybridized carbons (Fsp3) is 0.250. The summed E-state index contributed by atoms with van der Waals surface area (Å²) < 4.78 is 56.4. The molecule has 0 bridgehead atoms.